The Balaban J connectivity index is 2.36. The third kappa shape index (κ3) is 8.45. The number of nitrogens with zero attached hydrogens (tertiary/aromatic N) is 1. The number of anilines is 1. The molecule has 0 saturated carbocycles. The van der Waals surface area contributed by atoms with E-state index in [1.807, 2.05) is 26.8 Å². The number of carbonyl (C=O) groups excluding carboxylic acids is 1. The Morgan fingerprint density at radius 2 is 1.87 bits per heavy atom. The monoisotopic (exact) mass is 321 g/mol. The van der Waals surface area contributed by atoms with Crippen LogP contribution in [0.25, 0.3) is 0 Å². The highest BCUT2D eigenvalue weighted by molar-refractivity contribution is 5.67. The molecule has 5 nitrogen and oxygen atoms in total. The molecule has 0 fully saturated rings. The van der Waals surface area contributed by atoms with Gasteiger partial charge in [0.1, 0.15) is 5.60 Å². The van der Waals surface area contributed by atoms with E-state index in [0.717, 1.165) is 25.3 Å². The molecule has 0 heterocycles. The maximum atomic E-state index is 11.5. The second-order valence-electron chi connectivity index (χ2n) is 6.52. The number of alkyl carbamates (subject to hydrolysis) is 1. The average molecular weight is 321 g/mol. The first-order chi connectivity index (χ1) is 10.8. The van der Waals surface area contributed by atoms with Crippen LogP contribution in [0.3, 0.4) is 0 Å². The van der Waals surface area contributed by atoms with Gasteiger partial charge in [0, 0.05) is 25.3 Å². The minimum Gasteiger partial charge on any atom is -0.444 e. The van der Waals surface area contributed by atoms with Crippen molar-refractivity contribution in [2.24, 2.45) is 0 Å². The molecule has 1 amide bonds. The predicted molar refractivity (Wildman–Crippen MR) is 95.8 cm³/mol. The second-order valence-corrected chi connectivity index (χ2v) is 6.52. The molecule has 1 rings (SSSR count). The minimum absolute atomic E-state index is 0.380. The molecular weight excluding hydrogens is 290 g/mol. The van der Waals surface area contributed by atoms with Crippen LogP contribution in [0.2, 0.25) is 0 Å². The Morgan fingerprint density at radius 1 is 1.17 bits per heavy atom. The highest BCUT2D eigenvalue weighted by atomic mass is 16.6. The van der Waals surface area contributed by atoms with Gasteiger partial charge in [-0.2, -0.15) is 0 Å². The Labute approximate surface area is 140 Å². The van der Waals surface area contributed by atoms with Crippen LogP contribution in [0.1, 0.15) is 40.2 Å². The van der Waals surface area contributed by atoms with Crippen LogP contribution >= 0.6 is 0 Å². The number of hydrogen-bond donors (Lipinski definition) is 2. The molecule has 0 aliphatic carbocycles. The van der Waals surface area contributed by atoms with Crippen molar-refractivity contribution in [1.82, 2.24) is 10.2 Å². The molecular formula is C18H31N3O2. The molecule has 0 aliphatic heterocycles. The smallest absolute Gasteiger partial charge is 0.407 e. The summed E-state index contributed by atoms with van der Waals surface area (Å²) in [6.45, 7) is 14.1. The average Bonchev–Trinajstić information content (AvgIpc) is 2.48. The predicted octanol–water partition coefficient (Wildman–Crippen LogP) is 3.47. The summed E-state index contributed by atoms with van der Waals surface area (Å²) in [6, 6.07) is 8.40. The quantitative estimate of drug-likeness (QED) is 0.720. The van der Waals surface area contributed by atoms with Gasteiger partial charge in [0.2, 0.25) is 0 Å². The summed E-state index contributed by atoms with van der Waals surface area (Å²) in [6.07, 6.45) is -0.380. The lowest BCUT2D eigenvalue weighted by atomic mass is 10.2. The van der Waals surface area contributed by atoms with Crippen LogP contribution in [0.4, 0.5) is 10.5 Å². The molecule has 1 aromatic rings. The van der Waals surface area contributed by atoms with Crippen LogP contribution in [0.15, 0.2) is 24.3 Å². The molecule has 0 bridgehead atoms. The molecule has 0 spiro atoms. The van der Waals surface area contributed by atoms with Crippen LogP contribution in [-0.4, -0.2) is 42.8 Å². The van der Waals surface area contributed by atoms with Crippen LogP contribution in [0.5, 0.6) is 0 Å². The summed E-state index contributed by atoms with van der Waals surface area (Å²) < 4.78 is 5.19. The van der Waals surface area contributed by atoms with Crippen molar-refractivity contribution < 1.29 is 9.53 Å². The van der Waals surface area contributed by atoms with E-state index in [0.29, 0.717) is 13.1 Å². The topological polar surface area (TPSA) is 53.6 Å². The van der Waals surface area contributed by atoms with Gasteiger partial charge >= 0.3 is 6.09 Å². The number of carbonyl (C=O) groups is 1. The van der Waals surface area contributed by atoms with E-state index in [-0.39, 0.29) is 6.09 Å². The van der Waals surface area contributed by atoms with Crippen LogP contribution in [-0.2, 0) is 11.3 Å². The number of benzene rings is 1. The van der Waals surface area contributed by atoms with E-state index in [1.54, 1.807) is 0 Å². The van der Waals surface area contributed by atoms with Gasteiger partial charge in [0.15, 0.2) is 0 Å². The highest BCUT2D eigenvalue weighted by Crippen LogP contribution is 2.12. The lowest BCUT2D eigenvalue weighted by Gasteiger charge is -2.20. The summed E-state index contributed by atoms with van der Waals surface area (Å²) in [7, 11) is 0. The summed E-state index contributed by atoms with van der Waals surface area (Å²) in [5, 5.41) is 6.07. The zero-order chi connectivity index (χ0) is 17.3. The molecule has 0 aliphatic rings. The molecule has 1 aromatic carbocycles. The maximum absolute atomic E-state index is 11.5. The molecule has 0 saturated heterocycles. The third-order valence-electron chi connectivity index (χ3n) is 3.35. The molecule has 0 unspecified atom stereocenters. The van der Waals surface area contributed by atoms with Gasteiger partial charge in [-0.05, 0) is 51.6 Å². The van der Waals surface area contributed by atoms with Crippen molar-refractivity contribution in [2.45, 2.75) is 46.8 Å². The van der Waals surface area contributed by atoms with Gasteiger partial charge in [-0.3, -0.25) is 4.90 Å². The summed E-state index contributed by atoms with van der Waals surface area (Å²) in [5.74, 6) is 0. The molecule has 0 radical (unpaired) electrons. The first-order valence-corrected chi connectivity index (χ1v) is 8.36. The zero-order valence-corrected chi connectivity index (χ0v) is 15.1. The Hall–Kier alpha value is -1.75. The molecule has 0 aromatic heterocycles. The molecule has 23 heavy (non-hydrogen) atoms. The van der Waals surface area contributed by atoms with Gasteiger partial charge in [-0.15, -0.1) is 0 Å². The minimum atomic E-state index is -0.462. The SMILES string of the molecule is CCN(CC)Cc1cccc(NCCNC(=O)OC(C)(C)C)c1. The molecule has 130 valence electrons. The van der Waals surface area contributed by atoms with Crippen LogP contribution < -0.4 is 10.6 Å². The van der Waals surface area contributed by atoms with E-state index in [4.69, 9.17) is 4.74 Å². The standard InChI is InChI=1S/C18H31N3O2/c1-6-21(7-2)14-15-9-8-10-16(13-15)19-11-12-20-17(22)23-18(3,4)5/h8-10,13,19H,6-7,11-12,14H2,1-5H3,(H,20,22). The van der Waals surface area contributed by atoms with E-state index in [2.05, 4.69) is 47.6 Å². The van der Waals surface area contributed by atoms with Crippen molar-refractivity contribution in [3.63, 3.8) is 0 Å². The number of ether oxygens (including phenoxy) is 1. The summed E-state index contributed by atoms with van der Waals surface area (Å²) in [4.78, 5) is 13.9. The largest absolute Gasteiger partial charge is 0.444 e. The number of amides is 1. The third-order valence-corrected chi connectivity index (χ3v) is 3.35. The first-order valence-electron chi connectivity index (χ1n) is 8.36. The van der Waals surface area contributed by atoms with Crippen molar-refractivity contribution in [3.05, 3.63) is 29.8 Å². The van der Waals surface area contributed by atoms with E-state index in [1.165, 1.54) is 5.56 Å². The first kappa shape index (κ1) is 19.3. The van der Waals surface area contributed by atoms with Gasteiger partial charge in [0.25, 0.3) is 0 Å². The van der Waals surface area contributed by atoms with Gasteiger partial charge < -0.3 is 15.4 Å². The zero-order valence-electron chi connectivity index (χ0n) is 15.1. The number of nitrogens with one attached hydrogen (secondary N) is 2. The van der Waals surface area contributed by atoms with Crippen molar-refractivity contribution in [3.8, 4) is 0 Å². The normalized spacial score (nSPS) is 11.4. The summed E-state index contributed by atoms with van der Waals surface area (Å²) >= 11 is 0. The maximum Gasteiger partial charge on any atom is 0.407 e. The van der Waals surface area contributed by atoms with Crippen LogP contribution in [0, 0.1) is 0 Å². The van der Waals surface area contributed by atoms with Crippen molar-refractivity contribution in [2.75, 3.05) is 31.5 Å². The van der Waals surface area contributed by atoms with Crippen molar-refractivity contribution >= 4 is 11.8 Å². The fraction of sp³-hybridized carbons (Fsp3) is 0.611. The summed E-state index contributed by atoms with van der Waals surface area (Å²) in [5.41, 5.74) is 1.90. The second kappa shape index (κ2) is 9.40. The lowest BCUT2D eigenvalue weighted by Crippen LogP contribution is -2.35. The highest BCUT2D eigenvalue weighted by Gasteiger charge is 2.15. The van der Waals surface area contributed by atoms with E-state index < -0.39 is 5.60 Å². The number of hydrogen-bond acceptors (Lipinski definition) is 4. The van der Waals surface area contributed by atoms with E-state index >= 15 is 0 Å². The lowest BCUT2D eigenvalue weighted by molar-refractivity contribution is 0.0530. The number of rotatable bonds is 8. The fourth-order valence-electron chi connectivity index (χ4n) is 2.17. The van der Waals surface area contributed by atoms with E-state index in [9.17, 15) is 4.79 Å². The molecule has 2 N–H and O–H groups in total. The van der Waals surface area contributed by atoms with Gasteiger partial charge in [-0.25, -0.2) is 4.79 Å². The van der Waals surface area contributed by atoms with Gasteiger partial charge in [0.05, 0.1) is 0 Å². The Morgan fingerprint density at radius 3 is 2.48 bits per heavy atom. The van der Waals surface area contributed by atoms with Gasteiger partial charge in [-0.1, -0.05) is 26.0 Å². The Bertz CT molecular complexity index is 479. The fourth-order valence-corrected chi connectivity index (χ4v) is 2.17. The molecule has 5 heteroatoms. The molecule has 0 atom stereocenters. The Kier molecular flexibility index (Phi) is 7.89. The van der Waals surface area contributed by atoms with Crippen molar-refractivity contribution in [1.29, 1.82) is 0 Å².